The molecule has 0 spiro atoms. The molecule has 0 bridgehead atoms. The lowest BCUT2D eigenvalue weighted by molar-refractivity contribution is 0.618. The zero-order chi connectivity index (χ0) is 14.8. The first-order valence-corrected chi connectivity index (χ1v) is 7.48. The third-order valence-corrected chi connectivity index (χ3v) is 4.05. The van der Waals surface area contributed by atoms with E-state index in [0.717, 1.165) is 22.2 Å². The summed E-state index contributed by atoms with van der Waals surface area (Å²) in [5.74, 6) is -0.267. The molecule has 1 aromatic heterocycles. The Balaban J connectivity index is 1.85. The third kappa shape index (κ3) is 3.12. The van der Waals surface area contributed by atoms with Crippen molar-refractivity contribution >= 4 is 26.8 Å². The summed E-state index contributed by atoms with van der Waals surface area (Å²) < 4.78 is 13.7. The summed E-state index contributed by atoms with van der Waals surface area (Å²) >= 11 is 3.19. The summed E-state index contributed by atoms with van der Waals surface area (Å²) in [6, 6.07) is 16.7. The number of hydrogen-bond donors (Lipinski definition) is 1. The maximum atomic E-state index is 13.2. The predicted molar refractivity (Wildman–Crippen MR) is 86.5 cm³/mol. The largest absolute Gasteiger partial charge is 0.322 e. The van der Waals surface area contributed by atoms with E-state index in [0.29, 0.717) is 10.9 Å². The van der Waals surface area contributed by atoms with E-state index in [9.17, 15) is 4.39 Å². The fourth-order valence-electron chi connectivity index (χ4n) is 2.31. The van der Waals surface area contributed by atoms with Crippen LogP contribution in [-0.2, 0) is 6.42 Å². The Bertz CT molecular complexity index is 789. The summed E-state index contributed by atoms with van der Waals surface area (Å²) in [6.07, 6.45) is 0.615. The van der Waals surface area contributed by atoms with E-state index in [2.05, 4.69) is 20.9 Å². The van der Waals surface area contributed by atoms with Crippen LogP contribution in [-0.4, -0.2) is 4.98 Å². The monoisotopic (exact) mass is 344 g/mol. The highest BCUT2D eigenvalue weighted by atomic mass is 79.9. The number of pyridine rings is 1. The molecule has 3 rings (SSSR count). The maximum Gasteiger partial charge on any atom is 0.137 e. The second kappa shape index (κ2) is 5.92. The van der Waals surface area contributed by atoms with Crippen LogP contribution < -0.4 is 5.73 Å². The highest BCUT2D eigenvalue weighted by Gasteiger charge is 2.10. The smallest absolute Gasteiger partial charge is 0.137 e. The third-order valence-electron chi connectivity index (χ3n) is 3.44. The van der Waals surface area contributed by atoms with Gasteiger partial charge in [0.25, 0.3) is 0 Å². The van der Waals surface area contributed by atoms with Crippen LogP contribution in [0.25, 0.3) is 10.9 Å². The number of hydrogen-bond acceptors (Lipinski definition) is 2. The Labute approximate surface area is 130 Å². The van der Waals surface area contributed by atoms with Gasteiger partial charge >= 0.3 is 0 Å². The molecule has 1 heterocycles. The lowest BCUT2D eigenvalue weighted by Gasteiger charge is -2.12. The minimum atomic E-state index is -0.267. The first-order chi connectivity index (χ1) is 10.1. The van der Waals surface area contributed by atoms with Crippen LogP contribution in [0.5, 0.6) is 0 Å². The summed E-state index contributed by atoms with van der Waals surface area (Å²) in [6.45, 7) is 0. The number of nitrogens with zero attached hydrogens (tertiary/aromatic N) is 1. The molecule has 2 nitrogen and oxygen atoms in total. The van der Waals surface area contributed by atoms with Gasteiger partial charge in [-0.15, -0.1) is 0 Å². The van der Waals surface area contributed by atoms with Crippen molar-refractivity contribution in [2.24, 2.45) is 5.73 Å². The van der Waals surface area contributed by atoms with Crippen molar-refractivity contribution in [3.8, 4) is 0 Å². The predicted octanol–water partition coefficient (Wildman–Crippen LogP) is 4.38. The van der Waals surface area contributed by atoms with E-state index in [4.69, 9.17) is 5.73 Å². The molecule has 0 aliphatic rings. The molecule has 0 radical (unpaired) electrons. The lowest BCUT2D eigenvalue weighted by atomic mass is 10.0. The van der Waals surface area contributed by atoms with E-state index < -0.39 is 0 Å². The van der Waals surface area contributed by atoms with E-state index in [1.165, 1.54) is 6.07 Å². The van der Waals surface area contributed by atoms with Gasteiger partial charge in [-0.05, 0) is 52.2 Å². The summed E-state index contributed by atoms with van der Waals surface area (Å²) in [5.41, 5.74) is 8.99. The molecular weight excluding hydrogens is 331 g/mol. The van der Waals surface area contributed by atoms with Gasteiger partial charge in [0.2, 0.25) is 0 Å². The zero-order valence-corrected chi connectivity index (χ0v) is 12.8. The zero-order valence-electron chi connectivity index (χ0n) is 11.3. The molecule has 1 atom stereocenters. The topological polar surface area (TPSA) is 38.9 Å². The average Bonchev–Trinajstić information content (AvgIpc) is 2.50. The van der Waals surface area contributed by atoms with Gasteiger partial charge < -0.3 is 5.73 Å². The molecule has 106 valence electrons. The molecule has 21 heavy (non-hydrogen) atoms. The Morgan fingerprint density at radius 2 is 1.90 bits per heavy atom. The number of fused-ring (bicyclic) bond motifs is 1. The van der Waals surface area contributed by atoms with Gasteiger partial charge in [-0.3, -0.25) is 4.98 Å². The van der Waals surface area contributed by atoms with E-state index in [1.54, 1.807) is 12.1 Å². The molecule has 0 saturated heterocycles. The Morgan fingerprint density at radius 1 is 1.10 bits per heavy atom. The van der Waals surface area contributed by atoms with Gasteiger partial charge in [-0.2, -0.15) is 0 Å². The molecule has 0 amide bonds. The van der Waals surface area contributed by atoms with Crippen molar-refractivity contribution in [2.45, 2.75) is 12.5 Å². The lowest BCUT2D eigenvalue weighted by Crippen LogP contribution is -2.15. The molecule has 2 N–H and O–H groups in total. The van der Waals surface area contributed by atoms with Gasteiger partial charge in [0, 0.05) is 5.39 Å². The van der Waals surface area contributed by atoms with Crippen LogP contribution in [0.2, 0.25) is 0 Å². The molecule has 0 aliphatic heterocycles. The van der Waals surface area contributed by atoms with Crippen LogP contribution in [0.3, 0.4) is 0 Å². The van der Waals surface area contributed by atoms with E-state index in [-0.39, 0.29) is 11.9 Å². The first-order valence-electron chi connectivity index (χ1n) is 6.69. The maximum absolute atomic E-state index is 13.2. The van der Waals surface area contributed by atoms with E-state index in [1.807, 2.05) is 36.4 Å². The standard InChI is InChI=1S/C17H14BrFN2/c18-13-9-11(5-7-14(13)19)10-15(20)17-8-6-12-3-1-2-4-16(12)21-17/h1-9,15H,10,20H2. The van der Waals surface area contributed by atoms with Crippen molar-refractivity contribution in [3.63, 3.8) is 0 Å². The number of para-hydroxylation sites is 1. The minimum absolute atomic E-state index is 0.216. The summed E-state index contributed by atoms with van der Waals surface area (Å²) in [4.78, 5) is 4.60. The van der Waals surface area contributed by atoms with Crippen LogP contribution in [0.4, 0.5) is 4.39 Å². The Morgan fingerprint density at radius 3 is 2.71 bits per heavy atom. The molecule has 4 heteroatoms. The Hall–Kier alpha value is -1.78. The summed E-state index contributed by atoms with van der Waals surface area (Å²) in [5, 5.41) is 1.10. The Kier molecular flexibility index (Phi) is 3.99. The van der Waals surface area contributed by atoms with Gasteiger partial charge in [0.05, 0.1) is 21.7 Å². The normalized spacial score (nSPS) is 12.5. The van der Waals surface area contributed by atoms with Crippen molar-refractivity contribution < 1.29 is 4.39 Å². The molecular formula is C17H14BrFN2. The molecule has 0 fully saturated rings. The number of rotatable bonds is 3. The van der Waals surface area contributed by atoms with Gasteiger partial charge in [0.15, 0.2) is 0 Å². The average molecular weight is 345 g/mol. The van der Waals surface area contributed by atoms with Crippen molar-refractivity contribution in [3.05, 3.63) is 76.1 Å². The number of nitrogens with two attached hydrogens (primary N) is 1. The van der Waals surface area contributed by atoms with Crippen LogP contribution in [0.1, 0.15) is 17.3 Å². The second-order valence-electron chi connectivity index (χ2n) is 4.99. The fraction of sp³-hybridized carbons (Fsp3) is 0.118. The van der Waals surface area contributed by atoms with Gasteiger partial charge in [-0.1, -0.05) is 30.3 Å². The van der Waals surface area contributed by atoms with Crippen LogP contribution >= 0.6 is 15.9 Å². The highest BCUT2D eigenvalue weighted by Crippen LogP contribution is 2.22. The molecule has 0 aliphatic carbocycles. The van der Waals surface area contributed by atoms with Crippen molar-refractivity contribution in [2.75, 3.05) is 0 Å². The van der Waals surface area contributed by atoms with E-state index >= 15 is 0 Å². The highest BCUT2D eigenvalue weighted by molar-refractivity contribution is 9.10. The van der Waals surface area contributed by atoms with Crippen LogP contribution in [0.15, 0.2) is 59.1 Å². The van der Waals surface area contributed by atoms with Gasteiger partial charge in [0.1, 0.15) is 5.82 Å². The molecule has 3 aromatic rings. The number of halogens is 2. The minimum Gasteiger partial charge on any atom is -0.322 e. The number of aromatic nitrogens is 1. The molecule has 2 aromatic carbocycles. The molecule has 0 saturated carbocycles. The van der Waals surface area contributed by atoms with Crippen molar-refractivity contribution in [1.82, 2.24) is 4.98 Å². The van der Waals surface area contributed by atoms with Crippen LogP contribution in [0, 0.1) is 5.82 Å². The first kappa shape index (κ1) is 14.2. The van der Waals surface area contributed by atoms with Gasteiger partial charge in [-0.25, -0.2) is 4.39 Å². The number of benzene rings is 2. The SMILES string of the molecule is NC(Cc1ccc(F)c(Br)c1)c1ccc2ccccc2n1. The quantitative estimate of drug-likeness (QED) is 0.765. The second-order valence-corrected chi connectivity index (χ2v) is 5.84. The molecule has 1 unspecified atom stereocenters. The summed E-state index contributed by atoms with van der Waals surface area (Å²) in [7, 11) is 0. The van der Waals surface area contributed by atoms with Crippen molar-refractivity contribution in [1.29, 1.82) is 0 Å². The fourth-order valence-corrected chi connectivity index (χ4v) is 2.74.